The number of H-pyrrole nitrogens is 1. The van der Waals surface area contributed by atoms with Gasteiger partial charge in [-0.05, 0) is 42.3 Å². The summed E-state index contributed by atoms with van der Waals surface area (Å²) in [4.78, 5) is 19.3. The number of fused-ring (bicyclic) bond motifs is 1. The number of ether oxygens (including phenoxy) is 1. The molecule has 0 spiro atoms. The molecule has 1 aromatic heterocycles. The maximum atomic E-state index is 12.0. The fraction of sp³-hybridized carbons (Fsp3) is 0.200. The fourth-order valence-corrected chi connectivity index (χ4v) is 2.37. The Bertz CT molecular complexity index is 895. The molecule has 0 saturated carbocycles. The smallest absolute Gasteiger partial charge is 0.259 e. The van der Waals surface area contributed by atoms with Crippen molar-refractivity contribution in [1.29, 1.82) is 0 Å². The van der Waals surface area contributed by atoms with Crippen molar-refractivity contribution in [3.63, 3.8) is 0 Å². The number of aromatic nitrogens is 2. The average molecular weight is 320 g/mol. The topological polar surface area (TPSA) is 55.0 Å². The lowest BCUT2D eigenvalue weighted by Gasteiger charge is -2.05. The van der Waals surface area contributed by atoms with Gasteiger partial charge in [0.2, 0.25) is 0 Å². The van der Waals surface area contributed by atoms with Crippen LogP contribution in [0.4, 0.5) is 0 Å². The third-order valence-corrected chi connectivity index (χ3v) is 3.71. The number of benzene rings is 2. The van der Waals surface area contributed by atoms with E-state index in [2.05, 4.69) is 16.9 Å². The van der Waals surface area contributed by atoms with Crippen LogP contribution in [0.15, 0.2) is 53.3 Å². The van der Waals surface area contributed by atoms with Crippen LogP contribution in [-0.2, 0) is 0 Å². The second-order valence-corrected chi connectivity index (χ2v) is 5.57. The number of hydrogen-bond acceptors (Lipinski definition) is 3. The largest absolute Gasteiger partial charge is 0.494 e. The van der Waals surface area contributed by atoms with Crippen molar-refractivity contribution < 1.29 is 4.74 Å². The van der Waals surface area contributed by atoms with E-state index in [0.29, 0.717) is 16.7 Å². The van der Waals surface area contributed by atoms with Gasteiger partial charge in [-0.3, -0.25) is 4.79 Å². The van der Waals surface area contributed by atoms with E-state index >= 15 is 0 Å². The van der Waals surface area contributed by atoms with Crippen molar-refractivity contribution in [2.75, 3.05) is 6.61 Å². The first-order valence-corrected chi connectivity index (χ1v) is 8.16. The van der Waals surface area contributed by atoms with Crippen molar-refractivity contribution in [1.82, 2.24) is 9.97 Å². The van der Waals surface area contributed by atoms with Gasteiger partial charge in [0.25, 0.3) is 5.56 Å². The quantitative estimate of drug-likeness (QED) is 0.690. The molecule has 122 valence electrons. The number of hydrogen-bond donors (Lipinski definition) is 1. The molecule has 1 heterocycles. The lowest BCUT2D eigenvalue weighted by Crippen LogP contribution is -2.09. The van der Waals surface area contributed by atoms with E-state index in [1.165, 1.54) is 0 Å². The molecular formula is C20H20N2O2. The fourth-order valence-electron chi connectivity index (χ4n) is 2.37. The molecule has 0 bridgehead atoms. The van der Waals surface area contributed by atoms with Crippen LogP contribution in [-0.4, -0.2) is 16.6 Å². The Morgan fingerprint density at radius 3 is 2.67 bits per heavy atom. The normalized spacial score (nSPS) is 11.2. The van der Waals surface area contributed by atoms with Crippen molar-refractivity contribution >= 4 is 23.1 Å². The molecule has 3 aromatic rings. The van der Waals surface area contributed by atoms with Crippen molar-refractivity contribution in [2.24, 2.45) is 0 Å². The van der Waals surface area contributed by atoms with Crippen molar-refractivity contribution in [3.8, 4) is 5.75 Å². The molecule has 0 aliphatic carbocycles. The van der Waals surface area contributed by atoms with Gasteiger partial charge >= 0.3 is 0 Å². The Morgan fingerprint density at radius 2 is 1.88 bits per heavy atom. The summed E-state index contributed by atoms with van der Waals surface area (Å²) in [5, 5.41) is 0.600. The van der Waals surface area contributed by atoms with Gasteiger partial charge in [-0.25, -0.2) is 4.98 Å². The van der Waals surface area contributed by atoms with Crippen LogP contribution in [0.3, 0.4) is 0 Å². The predicted molar refractivity (Wildman–Crippen MR) is 98.1 cm³/mol. The number of aromatic amines is 1. The van der Waals surface area contributed by atoms with Gasteiger partial charge in [-0.1, -0.05) is 43.7 Å². The van der Waals surface area contributed by atoms with E-state index in [1.54, 1.807) is 12.1 Å². The van der Waals surface area contributed by atoms with Crippen molar-refractivity contribution in [3.05, 3.63) is 70.3 Å². The van der Waals surface area contributed by atoms with E-state index in [4.69, 9.17) is 4.74 Å². The summed E-state index contributed by atoms with van der Waals surface area (Å²) in [6, 6.07) is 15.2. The summed E-state index contributed by atoms with van der Waals surface area (Å²) >= 11 is 0. The third kappa shape index (κ3) is 3.90. The minimum Gasteiger partial charge on any atom is -0.494 e. The van der Waals surface area contributed by atoms with E-state index in [9.17, 15) is 4.79 Å². The summed E-state index contributed by atoms with van der Waals surface area (Å²) in [6.45, 7) is 2.89. The lowest BCUT2D eigenvalue weighted by molar-refractivity contribution is 0.309. The Kier molecular flexibility index (Phi) is 5.06. The highest BCUT2D eigenvalue weighted by Crippen LogP contribution is 2.14. The van der Waals surface area contributed by atoms with E-state index in [0.717, 1.165) is 30.8 Å². The van der Waals surface area contributed by atoms with E-state index in [-0.39, 0.29) is 5.56 Å². The minimum atomic E-state index is -0.125. The molecule has 0 unspecified atom stereocenters. The van der Waals surface area contributed by atoms with Gasteiger partial charge in [-0.15, -0.1) is 0 Å². The summed E-state index contributed by atoms with van der Waals surface area (Å²) in [6.07, 6.45) is 5.91. The summed E-state index contributed by atoms with van der Waals surface area (Å²) in [5.41, 5.74) is 1.59. The van der Waals surface area contributed by atoms with Gasteiger partial charge in [0, 0.05) is 0 Å². The zero-order valence-corrected chi connectivity index (χ0v) is 13.7. The molecule has 0 aliphatic rings. The molecule has 4 nitrogen and oxygen atoms in total. The lowest BCUT2D eigenvalue weighted by atomic mass is 10.2. The van der Waals surface area contributed by atoms with Gasteiger partial charge in [0.05, 0.1) is 17.5 Å². The zero-order chi connectivity index (χ0) is 16.8. The number of nitrogens with one attached hydrogen (secondary N) is 1. The van der Waals surface area contributed by atoms with Gasteiger partial charge in [0.1, 0.15) is 11.6 Å². The predicted octanol–water partition coefficient (Wildman–Crippen LogP) is 4.27. The summed E-state index contributed by atoms with van der Waals surface area (Å²) < 4.78 is 5.64. The zero-order valence-electron chi connectivity index (χ0n) is 13.7. The van der Waals surface area contributed by atoms with Gasteiger partial charge in [0.15, 0.2) is 0 Å². The first-order chi connectivity index (χ1) is 11.8. The minimum absolute atomic E-state index is 0.125. The third-order valence-electron chi connectivity index (χ3n) is 3.71. The van der Waals surface area contributed by atoms with Gasteiger partial charge in [-0.2, -0.15) is 0 Å². The molecule has 0 fully saturated rings. The molecule has 3 rings (SSSR count). The Balaban J connectivity index is 1.75. The Hall–Kier alpha value is -2.88. The Morgan fingerprint density at radius 1 is 1.08 bits per heavy atom. The molecule has 0 aliphatic heterocycles. The molecule has 24 heavy (non-hydrogen) atoms. The monoisotopic (exact) mass is 320 g/mol. The van der Waals surface area contributed by atoms with E-state index in [1.807, 2.05) is 48.5 Å². The number of rotatable bonds is 6. The molecule has 1 N–H and O–H groups in total. The second-order valence-electron chi connectivity index (χ2n) is 5.57. The van der Waals surface area contributed by atoms with Crippen molar-refractivity contribution in [2.45, 2.75) is 19.8 Å². The maximum absolute atomic E-state index is 12.0. The molecule has 4 heteroatoms. The molecule has 0 atom stereocenters. The molecular weight excluding hydrogens is 300 g/mol. The van der Waals surface area contributed by atoms with Gasteiger partial charge < -0.3 is 9.72 Å². The molecule has 0 radical (unpaired) electrons. The Labute approximate surface area is 140 Å². The van der Waals surface area contributed by atoms with Crippen LogP contribution < -0.4 is 10.3 Å². The van der Waals surface area contributed by atoms with Crippen LogP contribution in [0.1, 0.15) is 31.2 Å². The van der Waals surface area contributed by atoms with Crippen LogP contribution in [0, 0.1) is 0 Å². The SMILES string of the molecule is CCCCOc1ccc(/C=C/c2nc3ccccc3c(=O)[nH]2)cc1. The average Bonchev–Trinajstić information content (AvgIpc) is 2.61. The first-order valence-electron chi connectivity index (χ1n) is 8.16. The van der Waals surface area contributed by atoms with Crippen LogP contribution >= 0.6 is 0 Å². The molecule has 2 aromatic carbocycles. The number of nitrogens with zero attached hydrogens (tertiary/aromatic N) is 1. The van der Waals surface area contributed by atoms with E-state index < -0.39 is 0 Å². The standard InChI is InChI=1S/C20H20N2O2/c1-2-3-14-24-16-11-8-15(9-12-16)10-13-19-21-18-7-5-4-6-17(18)20(23)22-19/h4-13H,2-3,14H2,1H3,(H,21,22,23)/b13-10+. The highest BCUT2D eigenvalue weighted by molar-refractivity contribution is 5.79. The number of unbranched alkanes of at least 4 members (excludes halogenated alkanes) is 1. The summed E-state index contributed by atoms with van der Waals surface area (Å²) in [7, 11) is 0. The summed E-state index contributed by atoms with van der Waals surface area (Å²) in [5.74, 6) is 1.42. The highest BCUT2D eigenvalue weighted by Gasteiger charge is 2.00. The first kappa shape index (κ1) is 16.0. The maximum Gasteiger partial charge on any atom is 0.259 e. The van der Waals surface area contributed by atoms with Crippen LogP contribution in [0.25, 0.3) is 23.1 Å². The molecule has 0 saturated heterocycles. The highest BCUT2D eigenvalue weighted by atomic mass is 16.5. The second kappa shape index (κ2) is 7.59. The van der Waals surface area contributed by atoms with Crippen LogP contribution in [0.2, 0.25) is 0 Å². The van der Waals surface area contributed by atoms with Crippen LogP contribution in [0.5, 0.6) is 5.75 Å². The number of para-hydroxylation sites is 1. The molecule has 0 amide bonds.